The summed E-state index contributed by atoms with van der Waals surface area (Å²) in [5, 5.41) is 15.6. The lowest BCUT2D eigenvalue weighted by Crippen LogP contribution is -2.37. The smallest absolute Gasteiger partial charge is 0.225 e. The van der Waals surface area contributed by atoms with Crippen LogP contribution in [0.1, 0.15) is 23.5 Å². The molecule has 0 bridgehead atoms. The van der Waals surface area contributed by atoms with Crippen LogP contribution in [0.2, 0.25) is 5.02 Å². The molecule has 1 aromatic heterocycles. The highest BCUT2D eigenvalue weighted by Crippen LogP contribution is 2.19. The van der Waals surface area contributed by atoms with E-state index in [4.69, 9.17) is 11.6 Å². The molecule has 2 rings (SSSR count). The van der Waals surface area contributed by atoms with Crippen molar-refractivity contribution in [2.45, 2.75) is 25.5 Å². The van der Waals surface area contributed by atoms with Crippen molar-refractivity contribution in [3.8, 4) is 0 Å². The fourth-order valence-electron chi connectivity index (χ4n) is 1.90. The third-order valence-corrected chi connectivity index (χ3v) is 4.12. The molecule has 1 heterocycles. The Hall–Kier alpha value is -1.36. The topological polar surface area (TPSA) is 49.3 Å². The minimum absolute atomic E-state index is 0.0898. The first-order valence-electron chi connectivity index (χ1n) is 6.31. The molecule has 0 aliphatic carbocycles. The lowest BCUT2D eigenvalue weighted by Gasteiger charge is -2.20. The molecule has 0 radical (unpaired) electrons. The molecule has 2 unspecified atom stereocenters. The predicted molar refractivity (Wildman–Crippen MR) is 82.0 cm³/mol. The number of halogens is 1. The van der Waals surface area contributed by atoms with E-state index in [0.717, 1.165) is 10.4 Å². The third-order valence-electron chi connectivity index (χ3n) is 2.99. The summed E-state index contributed by atoms with van der Waals surface area (Å²) in [6.07, 6.45) is -0.408. The summed E-state index contributed by atoms with van der Waals surface area (Å²) in [7, 11) is 0. The van der Waals surface area contributed by atoms with Gasteiger partial charge in [-0.1, -0.05) is 29.8 Å². The van der Waals surface area contributed by atoms with E-state index >= 15 is 0 Å². The van der Waals surface area contributed by atoms with Crippen LogP contribution < -0.4 is 5.32 Å². The zero-order chi connectivity index (χ0) is 14.5. The first-order valence-corrected chi connectivity index (χ1v) is 7.57. The van der Waals surface area contributed by atoms with Crippen LogP contribution in [0.15, 0.2) is 41.8 Å². The van der Waals surface area contributed by atoms with Crippen LogP contribution >= 0.6 is 22.9 Å². The van der Waals surface area contributed by atoms with Gasteiger partial charge in [0.15, 0.2) is 0 Å². The van der Waals surface area contributed by atoms with E-state index < -0.39 is 6.10 Å². The lowest BCUT2D eigenvalue weighted by atomic mass is 10.0. The van der Waals surface area contributed by atoms with Crippen LogP contribution in [0.5, 0.6) is 0 Å². The SMILES string of the molecule is CC(NC(=O)Cc1cccs1)C(O)c1ccc(Cl)cc1. The minimum Gasteiger partial charge on any atom is -0.386 e. The van der Waals surface area contributed by atoms with Crippen molar-refractivity contribution in [1.82, 2.24) is 5.32 Å². The summed E-state index contributed by atoms with van der Waals surface area (Å²) in [4.78, 5) is 12.9. The van der Waals surface area contributed by atoms with Crippen LogP contribution in [0.4, 0.5) is 0 Å². The Morgan fingerprint density at radius 1 is 1.35 bits per heavy atom. The molecule has 2 N–H and O–H groups in total. The van der Waals surface area contributed by atoms with Crippen LogP contribution in [0.3, 0.4) is 0 Å². The second kappa shape index (κ2) is 6.88. The van der Waals surface area contributed by atoms with Crippen LogP contribution in [0, 0.1) is 0 Å². The van der Waals surface area contributed by atoms with E-state index in [1.165, 1.54) is 0 Å². The standard InChI is InChI=1S/C15H16ClNO2S/c1-10(15(19)11-4-6-12(16)7-5-11)17-14(18)9-13-3-2-8-20-13/h2-8,10,15,19H,9H2,1H3,(H,17,18). The van der Waals surface area contributed by atoms with Gasteiger partial charge in [0, 0.05) is 9.90 Å². The summed E-state index contributed by atoms with van der Waals surface area (Å²) in [5.74, 6) is -0.0898. The molecule has 2 atom stereocenters. The molecule has 2 aromatic rings. The van der Waals surface area contributed by atoms with Gasteiger partial charge in [-0.15, -0.1) is 11.3 Å². The molecule has 0 fully saturated rings. The highest BCUT2D eigenvalue weighted by Gasteiger charge is 2.18. The monoisotopic (exact) mass is 309 g/mol. The Morgan fingerprint density at radius 2 is 2.05 bits per heavy atom. The second-order valence-electron chi connectivity index (χ2n) is 4.61. The van der Waals surface area contributed by atoms with E-state index in [9.17, 15) is 9.90 Å². The third kappa shape index (κ3) is 4.07. The Balaban J connectivity index is 1.91. The summed E-state index contributed by atoms with van der Waals surface area (Å²) in [6.45, 7) is 1.78. The number of aliphatic hydroxyl groups excluding tert-OH is 1. The van der Waals surface area contributed by atoms with Crippen LogP contribution in [0.25, 0.3) is 0 Å². The number of benzene rings is 1. The molecular formula is C15H16ClNO2S. The van der Waals surface area contributed by atoms with E-state index in [-0.39, 0.29) is 11.9 Å². The van der Waals surface area contributed by atoms with Crippen molar-refractivity contribution < 1.29 is 9.90 Å². The van der Waals surface area contributed by atoms with Gasteiger partial charge in [-0.05, 0) is 36.1 Å². The van der Waals surface area contributed by atoms with Crippen molar-refractivity contribution in [1.29, 1.82) is 0 Å². The van der Waals surface area contributed by atoms with E-state index in [2.05, 4.69) is 5.32 Å². The van der Waals surface area contributed by atoms with Gasteiger partial charge in [0.2, 0.25) is 5.91 Å². The van der Waals surface area contributed by atoms with Crippen molar-refractivity contribution in [3.05, 3.63) is 57.2 Å². The average molecular weight is 310 g/mol. The van der Waals surface area contributed by atoms with Gasteiger partial charge in [0.1, 0.15) is 0 Å². The summed E-state index contributed by atoms with van der Waals surface area (Å²) in [6, 6.07) is 10.4. The number of hydrogen-bond donors (Lipinski definition) is 2. The Morgan fingerprint density at radius 3 is 2.65 bits per heavy atom. The van der Waals surface area contributed by atoms with Crippen LogP contribution in [-0.2, 0) is 11.2 Å². The molecule has 0 aliphatic heterocycles. The molecule has 0 aliphatic rings. The highest BCUT2D eigenvalue weighted by molar-refractivity contribution is 7.10. The van der Waals surface area contributed by atoms with Gasteiger partial charge >= 0.3 is 0 Å². The number of carbonyl (C=O) groups is 1. The maximum Gasteiger partial charge on any atom is 0.225 e. The van der Waals surface area contributed by atoms with Crippen molar-refractivity contribution >= 4 is 28.8 Å². The average Bonchev–Trinajstić information content (AvgIpc) is 2.91. The van der Waals surface area contributed by atoms with Gasteiger partial charge in [0.05, 0.1) is 18.6 Å². The van der Waals surface area contributed by atoms with E-state index in [1.54, 1.807) is 42.5 Å². The molecule has 0 spiro atoms. The first-order chi connectivity index (χ1) is 9.56. The number of amides is 1. The second-order valence-corrected chi connectivity index (χ2v) is 6.08. The van der Waals surface area contributed by atoms with Crippen molar-refractivity contribution in [2.24, 2.45) is 0 Å². The van der Waals surface area contributed by atoms with Crippen LogP contribution in [-0.4, -0.2) is 17.1 Å². The fourth-order valence-corrected chi connectivity index (χ4v) is 2.73. The highest BCUT2D eigenvalue weighted by atomic mass is 35.5. The summed E-state index contributed by atoms with van der Waals surface area (Å²) >= 11 is 7.36. The number of hydrogen-bond acceptors (Lipinski definition) is 3. The van der Waals surface area contributed by atoms with Gasteiger partial charge in [-0.3, -0.25) is 4.79 Å². The van der Waals surface area contributed by atoms with Gasteiger partial charge in [-0.25, -0.2) is 0 Å². The number of aliphatic hydroxyl groups is 1. The molecule has 3 nitrogen and oxygen atoms in total. The lowest BCUT2D eigenvalue weighted by molar-refractivity contribution is -0.121. The molecule has 20 heavy (non-hydrogen) atoms. The largest absolute Gasteiger partial charge is 0.386 e. The summed E-state index contributed by atoms with van der Waals surface area (Å²) < 4.78 is 0. The Labute approximate surface area is 127 Å². The molecule has 1 aromatic carbocycles. The quantitative estimate of drug-likeness (QED) is 0.891. The summed E-state index contributed by atoms with van der Waals surface area (Å²) in [5.41, 5.74) is 0.735. The predicted octanol–water partition coefficient (Wildman–Crippen LogP) is 3.18. The van der Waals surface area contributed by atoms with Crippen molar-refractivity contribution in [3.63, 3.8) is 0 Å². The fraction of sp³-hybridized carbons (Fsp3) is 0.267. The zero-order valence-corrected chi connectivity index (χ0v) is 12.6. The molecule has 0 saturated carbocycles. The van der Waals surface area contributed by atoms with Crippen molar-refractivity contribution in [2.75, 3.05) is 0 Å². The molecule has 106 valence electrons. The maximum atomic E-state index is 11.9. The Kier molecular flexibility index (Phi) is 5.17. The van der Waals surface area contributed by atoms with Gasteiger partial charge in [0.25, 0.3) is 0 Å². The molecular weight excluding hydrogens is 294 g/mol. The number of rotatable bonds is 5. The number of nitrogens with one attached hydrogen (secondary N) is 1. The Bertz CT molecular complexity index is 554. The number of carbonyl (C=O) groups excluding carboxylic acids is 1. The first kappa shape index (κ1) is 15.0. The van der Waals surface area contributed by atoms with Gasteiger partial charge in [-0.2, -0.15) is 0 Å². The normalized spacial score (nSPS) is 13.8. The molecule has 1 amide bonds. The molecule has 5 heteroatoms. The molecule has 0 saturated heterocycles. The van der Waals surface area contributed by atoms with Gasteiger partial charge < -0.3 is 10.4 Å². The number of thiophene rings is 1. The van der Waals surface area contributed by atoms with E-state index in [0.29, 0.717) is 11.4 Å². The minimum atomic E-state index is -0.750. The maximum absolute atomic E-state index is 11.9. The zero-order valence-electron chi connectivity index (χ0n) is 11.0. The van der Waals surface area contributed by atoms with E-state index in [1.807, 2.05) is 17.5 Å².